The highest BCUT2D eigenvalue weighted by Gasteiger charge is 2.07. The molecule has 0 aromatic carbocycles. The molecule has 0 amide bonds. The van der Waals surface area contributed by atoms with Crippen molar-refractivity contribution in [2.75, 3.05) is 13.2 Å². The van der Waals surface area contributed by atoms with E-state index in [0.717, 1.165) is 25.7 Å². The fourth-order valence-corrected chi connectivity index (χ4v) is 4.54. The van der Waals surface area contributed by atoms with Crippen LogP contribution < -0.4 is 0 Å². The zero-order chi connectivity index (χ0) is 29.2. The van der Waals surface area contributed by atoms with E-state index in [1.807, 2.05) is 0 Å². The summed E-state index contributed by atoms with van der Waals surface area (Å²) in [5.41, 5.74) is 0. The molecule has 0 spiro atoms. The maximum atomic E-state index is 11.4. The normalized spacial score (nSPS) is 11.6. The number of hydrogen-bond donors (Lipinski definition) is 3. The number of unbranched alkanes of at least 4 members (excludes halogenated alkanes) is 22. The summed E-state index contributed by atoms with van der Waals surface area (Å²) < 4.78 is 4.88. The Labute approximate surface area is 241 Å². The molecule has 0 fully saturated rings. The molecule has 3 N–H and O–H groups in total. The second-order valence-corrected chi connectivity index (χ2v) is 11.2. The highest BCUT2D eigenvalue weighted by molar-refractivity contribution is 5.69. The molecule has 6 heteroatoms. The molecular weight excluding hydrogens is 492 g/mol. The Kier molecular flexibility index (Phi) is 35.8. The lowest BCUT2D eigenvalue weighted by Crippen LogP contribution is -2.21. The summed E-state index contributed by atoms with van der Waals surface area (Å²) in [6, 6.07) is 0. The van der Waals surface area contributed by atoms with E-state index >= 15 is 0 Å². The number of carboxylic acid groups (broad SMARTS) is 1. The quantitative estimate of drug-likeness (QED) is 0.0624. The zero-order valence-corrected chi connectivity index (χ0v) is 25.9. The van der Waals surface area contributed by atoms with Crippen LogP contribution in [0.1, 0.15) is 181 Å². The van der Waals surface area contributed by atoms with Gasteiger partial charge in [0.15, 0.2) is 0 Å². The molecular formula is C33H66O6. The van der Waals surface area contributed by atoms with E-state index in [0.29, 0.717) is 12.8 Å². The van der Waals surface area contributed by atoms with Crippen LogP contribution in [0, 0.1) is 0 Å². The van der Waals surface area contributed by atoms with Crippen LogP contribution in [0.25, 0.3) is 0 Å². The molecule has 0 saturated heterocycles. The van der Waals surface area contributed by atoms with Crippen molar-refractivity contribution in [2.24, 2.45) is 0 Å². The van der Waals surface area contributed by atoms with Crippen molar-refractivity contribution in [3.8, 4) is 0 Å². The minimum Gasteiger partial charge on any atom is -0.481 e. The largest absolute Gasteiger partial charge is 0.481 e. The van der Waals surface area contributed by atoms with Crippen LogP contribution in [0.15, 0.2) is 0 Å². The first-order valence-corrected chi connectivity index (χ1v) is 16.6. The number of carboxylic acids is 1. The van der Waals surface area contributed by atoms with Gasteiger partial charge in [0, 0.05) is 12.8 Å². The SMILES string of the molecule is CCCCCCCC(=O)O.CCCCCCCCCCCCCCCCCCCCCC(=O)OCC(O)CO. The fourth-order valence-electron chi connectivity index (χ4n) is 4.54. The van der Waals surface area contributed by atoms with Gasteiger partial charge in [0.2, 0.25) is 0 Å². The van der Waals surface area contributed by atoms with Crippen molar-refractivity contribution in [1.82, 2.24) is 0 Å². The average molecular weight is 559 g/mol. The predicted molar refractivity (Wildman–Crippen MR) is 163 cm³/mol. The summed E-state index contributed by atoms with van der Waals surface area (Å²) in [5.74, 6) is -0.944. The molecule has 0 heterocycles. The number of aliphatic hydroxyl groups is 2. The van der Waals surface area contributed by atoms with Crippen LogP contribution in [-0.4, -0.2) is 46.6 Å². The Morgan fingerprint density at radius 1 is 0.538 bits per heavy atom. The first-order valence-electron chi connectivity index (χ1n) is 16.6. The standard InChI is InChI=1S/C25H50O4.C8H16O2/c1-2-3-4-5-6-7-8-9-10-11-12-13-14-15-16-17-18-19-20-21-25(28)29-23-24(27)22-26;1-2-3-4-5-6-7-8(9)10/h24,26-27H,2-23H2,1H3;2-7H2,1H3,(H,9,10). The van der Waals surface area contributed by atoms with Gasteiger partial charge in [0.25, 0.3) is 0 Å². The maximum Gasteiger partial charge on any atom is 0.305 e. The van der Waals surface area contributed by atoms with Crippen LogP contribution in [0.5, 0.6) is 0 Å². The van der Waals surface area contributed by atoms with E-state index in [4.69, 9.17) is 20.1 Å². The highest BCUT2D eigenvalue weighted by Crippen LogP contribution is 2.15. The fraction of sp³-hybridized carbons (Fsp3) is 0.939. The lowest BCUT2D eigenvalue weighted by Gasteiger charge is -2.08. The molecule has 234 valence electrons. The van der Waals surface area contributed by atoms with Crippen molar-refractivity contribution < 1.29 is 29.6 Å². The zero-order valence-electron chi connectivity index (χ0n) is 25.9. The number of ether oxygens (including phenoxy) is 1. The summed E-state index contributed by atoms with van der Waals surface area (Å²) in [7, 11) is 0. The van der Waals surface area contributed by atoms with Gasteiger partial charge in [0.05, 0.1) is 6.61 Å². The molecule has 0 radical (unpaired) electrons. The molecule has 1 atom stereocenters. The second kappa shape index (κ2) is 34.9. The van der Waals surface area contributed by atoms with E-state index in [1.54, 1.807) is 0 Å². The van der Waals surface area contributed by atoms with Gasteiger partial charge in [-0.1, -0.05) is 155 Å². The number of aliphatic hydroxyl groups excluding tert-OH is 2. The Morgan fingerprint density at radius 3 is 1.15 bits per heavy atom. The molecule has 6 nitrogen and oxygen atoms in total. The molecule has 0 saturated carbocycles. The minimum atomic E-state index is -0.955. The molecule has 0 aliphatic heterocycles. The van der Waals surface area contributed by atoms with Crippen LogP contribution in [0.4, 0.5) is 0 Å². The van der Waals surface area contributed by atoms with Crippen LogP contribution in [0.2, 0.25) is 0 Å². The Hall–Kier alpha value is -1.14. The van der Waals surface area contributed by atoms with Gasteiger partial charge in [-0.25, -0.2) is 0 Å². The third-order valence-corrected chi connectivity index (χ3v) is 7.13. The van der Waals surface area contributed by atoms with Gasteiger partial charge in [0.1, 0.15) is 12.7 Å². The van der Waals surface area contributed by atoms with Crippen molar-refractivity contribution >= 4 is 11.9 Å². The predicted octanol–water partition coefficient (Wildman–Crippen LogP) is 9.14. The third kappa shape index (κ3) is 39.1. The summed E-state index contributed by atoms with van der Waals surface area (Å²) in [6.45, 7) is 3.96. The molecule has 0 rings (SSSR count). The lowest BCUT2D eigenvalue weighted by molar-refractivity contribution is -0.147. The van der Waals surface area contributed by atoms with Gasteiger partial charge in [-0.05, 0) is 12.8 Å². The summed E-state index contributed by atoms with van der Waals surface area (Å²) in [5, 5.41) is 26.0. The van der Waals surface area contributed by atoms with E-state index < -0.39 is 12.1 Å². The highest BCUT2D eigenvalue weighted by atomic mass is 16.5. The smallest absolute Gasteiger partial charge is 0.305 e. The van der Waals surface area contributed by atoms with Gasteiger partial charge >= 0.3 is 11.9 Å². The molecule has 1 unspecified atom stereocenters. The van der Waals surface area contributed by atoms with E-state index in [2.05, 4.69) is 13.8 Å². The van der Waals surface area contributed by atoms with Gasteiger partial charge in [-0.15, -0.1) is 0 Å². The Bertz CT molecular complexity index is 497. The second-order valence-electron chi connectivity index (χ2n) is 11.2. The van der Waals surface area contributed by atoms with Gasteiger partial charge < -0.3 is 20.1 Å². The summed E-state index contributed by atoms with van der Waals surface area (Å²) >= 11 is 0. The molecule has 39 heavy (non-hydrogen) atoms. The van der Waals surface area contributed by atoms with E-state index in [1.165, 1.54) is 128 Å². The van der Waals surface area contributed by atoms with Crippen molar-refractivity contribution in [2.45, 2.75) is 187 Å². The van der Waals surface area contributed by atoms with Crippen molar-refractivity contribution in [1.29, 1.82) is 0 Å². The Morgan fingerprint density at radius 2 is 0.846 bits per heavy atom. The molecule has 0 aromatic rings. The number of carbonyl (C=O) groups is 2. The van der Waals surface area contributed by atoms with E-state index in [9.17, 15) is 9.59 Å². The topological polar surface area (TPSA) is 104 Å². The van der Waals surface area contributed by atoms with Gasteiger partial charge in [-0.3, -0.25) is 9.59 Å². The average Bonchev–Trinajstić information content (AvgIpc) is 2.93. The monoisotopic (exact) mass is 558 g/mol. The molecule has 0 bridgehead atoms. The van der Waals surface area contributed by atoms with Crippen LogP contribution in [0.3, 0.4) is 0 Å². The van der Waals surface area contributed by atoms with Gasteiger partial charge in [-0.2, -0.15) is 0 Å². The first kappa shape index (κ1) is 40.0. The number of esters is 1. The third-order valence-electron chi connectivity index (χ3n) is 7.13. The molecule has 0 aliphatic rings. The first-order chi connectivity index (χ1) is 19.0. The van der Waals surface area contributed by atoms with Crippen LogP contribution in [-0.2, 0) is 14.3 Å². The minimum absolute atomic E-state index is 0.103. The molecule has 0 aliphatic carbocycles. The summed E-state index contributed by atoms with van der Waals surface area (Å²) in [4.78, 5) is 21.5. The molecule has 0 aromatic heterocycles. The number of carbonyl (C=O) groups excluding carboxylic acids is 1. The number of hydrogen-bond acceptors (Lipinski definition) is 5. The summed E-state index contributed by atoms with van der Waals surface area (Å²) in [6.07, 6.45) is 30.8. The van der Waals surface area contributed by atoms with Crippen LogP contribution >= 0.6 is 0 Å². The van der Waals surface area contributed by atoms with Crippen molar-refractivity contribution in [3.05, 3.63) is 0 Å². The number of rotatable bonds is 29. The Balaban J connectivity index is 0. The maximum absolute atomic E-state index is 11.4. The lowest BCUT2D eigenvalue weighted by atomic mass is 10.0. The van der Waals surface area contributed by atoms with Crippen molar-refractivity contribution in [3.63, 3.8) is 0 Å². The number of aliphatic carboxylic acids is 1. The van der Waals surface area contributed by atoms with E-state index in [-0.39, 0.29) is 19.2 Å².